The number of ether oxygens (including phenoxy) is 1. The average Bonchev–Trinajstić information content (AvgIpc) is 2.87. The molecule has 1 aromatic carbocycles. The van der Waals surface area contributed by atoms with Crippen LogP contribution in [0, 0.1) is 0 Å². The summed E-state index contributed by atoms with van der Waals surface area (Å²) in [6, 6.07) is 5.25. The average molecular weight is 344 g/mol. The molecule has 2 rings (SSSR count). The van der Waals surface area contributed by atoms with Crippen molar-refractivity contribution in [3.8, 4) is 5.75 Å². The minimum atomic E-state index is -4.78. The summed E-state index contributed by atoms with van der Waals surface area (Å²) in [5, 5.41) is 11.7. The van der Waals surface area contributed by atoms with Gasteiger partial charge >= 0.3 is 12.3 Å². The smallest absolute Gasteiger partial charge is 0.481 e. The Morgan fingerprint density at radius 2 is 1.96 bits per heavy atom. The molecule has 6 nitrogen and oxygen atoms in total. The summed E-state index contributed by atoms with van der Waals surface area (Å²) in [6.07, 6.45) is -3.79. The van der Waals surface area contributed by atoms with E-state index in [1.165, 1.54) is 12.1 Å². The van der Waals surface area contributed by atoms with Gasteiger partial charge in [-0.1, -0.05) is 0 Å². The van der Waals surface area contributed by atoms with Crippen molar-refractivity contribution in [3.05, 3.63) is 30.0 Å². The van der Waals surface area contributed by atoms with Crippen molar-refractivity contribution in [2.45, 2.75) is 25.6 Å². The Balaban J connectivity index is 1.97. The Labute approximate surface area is 134 Å². The zero-order chi connectivity index (χ0) is 17.7. The van der Waals surface area contributed by atoms with Gasteiger partial charge in [0.25, 0.3) is 5.91 Å². The number of amides is 1. The van der Waals surface area contributed by atoms with Crippen molar-refractivity contribution in [2.24, 2.45) is 0 Å². The van der Waals surface area contributed by atoms with Gasteiger partial charge in [-0.25, -0.2) is 0 Å². The van der Waals surface area contributed by atoms with Gasteiger partial charge in [-0.05, 0) is 31.0 Å². The zero-order valence-electron chi connectivity index (χ0n) is 12.4. The normalized spacial score (nSPS) is 11.5. The van der Waals surface area contributed by atoms with E-state index in [4.69, 9.17) is 5.11 Å². The Bertz CT molecular complexity index is 740. The molecule has 0 atom stereocenters. The quantitative estimate of drug-likeness (QED) is 0.673. The number of unbranched alkanes of at least 4 members (excludes halogenated alkanes) is 1. The van der Waals surface area contributed by atoms with Crippen LogP contribution >= 0.6 is 0 Å². The second kappa shape index (κ2) is 7.24. The number of alkyl halides is 3. The van der Waals surface area contributed by atoms with E-state index in [2.05, 4.69) is 15.0 Å². The Morgan fingerprint density at radius 1 is 1.21 bits per heavy atom. The number of hydrogen-bond donors (Lipinski definition) is 3. The molecule has 0 saturated carbocycles. The summed E-state index contributed by atoms with van der Waals surface area (Å²) < 4.78 is 40.4. The van der Waals surface area contributed by atoms with E-state index in [0.717, 1.165) is 12.1 Å². The minimum absolute atomic E-state index is 0.0320. The number of fused-ring (bicyclic) bond motifs is 1. The predicted molar refractivity (Wildman–Crippen MR) is 78.8 cm³/mol. The third kappa shape index (κ3) is 5.18. The zero-order valence-corrected chi connectivity index (χ0v) is 12.4. The molecule has 0 aliphatic carbocycles. The highest BCUT2D eigenvalue weighted by atomic mass is 19.4. The summed E-state index contributed by atoms with van der Waals surface area (Å²) >= 11 is 0. The largest absolute Gasteiger partial charge is 0.573 e. The first kappa shape index (κ1) is 17.6. The highest BCUT2D eigenvalue weighted by Gasteiger charge is 2.31. The van der Waals surface area contributed by atoms with Gasteiger partial charge in [0.1, 0.15) is 11.4 Å². The molecular weight excluding hydrogens is 329 g/mol. The van der Waals surface area contributed by atoms with E-state index in [9.17, 15) is 22.8 Å². The highest BCUT2D eigenvalue weighted by molar-refractivity contribution is 5.98. The molecular formula is C15H15F3N2O4. The van der Waals surface area contributed by atoms with E-state index in [1.54, 1.807) is 0 Å². The van der Waals surface area contributed by atoms with Crippen LogP contribution in [0.2, 0.25) is 0 Å². The molecule has 3 N–H and O–H groups in total. The fourth-order valence-corrected chi connectivity index (χ4v) is 2.12. The van der Waals surface area contributed by atoms with Gasteiger partial charge in [-0.2, -0.15) is 0 Å². The Hall–Kier alpha value is -2.71. The van der Waals surface area contributed by atoms with Crippen LogP contribution in [0.1, 0.15) is 29.8 Å². The van der Waals surface area contributed by atoms with Crippen molar-refractivity contribution in [1.82, 2.24) is 10.3 Å². The van der Waals surface area contributed by atoms with Crippen LogP contribution in [0.15, 0.2) is 24.3 Å². The van der Waals surface area contributed by atoms with Crippen LogP contribution in [-0.4, -0.2) is 34.9 Å². The van der Waals surface area contributed by atoms with Gasteiger partial charge in [-0.3, -0.25) is 9.59 Å². The lowest BCUT2D eigenvalue weighted by atomic mass is 10.2. The fourth-order valence-electron chi connectivity index (χ4n) is 2.12. The van der Waals surface area contributed by atoms with Crippen molar-refractivity contribution >= 4 is 22.8 Å². The summed E-state index contributed by atoms with van der Waals surface area (Å²) in [6.45, 7) is 0.309. The number of carbonyl (C=O) groups is 2. The van der Waals surface area contributed by atoms with Crippen molar-refractivity contribution in [1.29, 1.82) is 0 Å². The molecule has 0 bridgehead atoms. The molecule has 0 radical (unpaired) electrons. The van der Waals surface area contributed by atoms with Crippen LogP contribution in [-0.2, 0) is 4.79 Å². The monoisotopic (exact) mass is 344 g/mol. The first-order valence-corrected chi connectivity index (χ1v) is 7.13. The molecule has 0 saturated heterocycles. The number of aliphatic carboxylic acids is 1. The lowest BCUT2D eigenvalue weighted by Gasteiger charge is -2.08. The third-order valence-corrected chi connectivity index (χ3v) is 3.18. The lowest BCUT2D eigenvalue weighted by molar-refractivity contribution is -0.274. The van der Waals surface area contributed by atoms with Crippen molar-refractivity contribution in [2.75, 3.05) is 6.54 Å². The molecule has 24 heavy (non-hydrogen) atoms. The first-order chi connectivity index (χ1) is 11.2. The van der Waals surface area contributed by atoms with E-state index < -0.39 is 18.2 Å². The third-order valence-electron chi connectivity index (χ3n) is 3.18. The van der Waals surface area contributed by atoms with Gasteiger partial charge in [0.15, 0.2) is 0 Å². The number of aromatic amines is 1. The number of carboxylic acid groups (broad SMARTS) is 1. The number of aromatic nitrogens is 1. The number of rotatable bonds is 7. The lowest BCUT2D eigenvalue weighted by Crippen LogP contribution is -2.24. The topological polar surface area (TPSA) is 91.4 Å². The molecule has 1 amide bonds. The fraction of sp³-hybridized carbons (Fsp3) is 0.333. The van der Waals surface area contributed by atoms with Gasteiger partial charge in [0.05, 0.1) is 0 Å². The molecule has 2 aromatic rings. The van der Waals surface area contributed by atoms with E-state index in [1.807, 2.05) is 0 Å². The van der Waals surface area contributed by atoms with Crippen LogP contribution in [0.4, 0.5) is 13.2 Å². The molecule has 9 heteroatoms. The van der Waals surface area contributed by atoms with Crippen LogP contribution in [0.5, 0.6) is 5.75 Å². The second-order valence-corrected chi connectivity index (χ2v) is 5.09. The van der Waals surface area contributed by atoms with E-state index in [0.29, 0.717) is 30.3 Å². The number of carboxylic acids is 1. The Kier molecular flexibility index (Phi) is 5.32. The SMILES string of the molecule is O=C(O)CCCCNC(=O)c1cc2ccc(OC(F)(F)F)cc2[nH]1. The van der Waals surface area contributed by atoms with Crippen LogP contribution in [0.25, 0.3) is 10.9 Å². The molecule has 0 aliphatic rings. The highest BCUT2D eigenvalue weighted by Crippen LogP contribution is 2.26. The van der Waals surface area contributed by atoms with Gasteiger partial charge in [0.2, 0.25) is 0 Å². The number of nitrogens with one attached hydrogen (secondary N) is 2. The maximum Gasteiger partial charge on any atom is 0.573 e. The van der Waals surface area contributed by atoms with Gasteiger partial charge < -0.3 is 20.1 Å². The molecule has 0 fully saturated rings. The molecule has 130 valence electrons. The number of H-pyrrole nitrogens is 1. The van der Waals surface area contributed by atoms with Crippen molar-refractivity contribution in [3.63, 3.8) is 0 Å². The predicted octanol–water partition coefficient (Wildman–Crippen LogP) is 3.05. The van der Waals surface area contributed by atoms with Gasteiger partial charge in [0, 0.05) is 29.9 Å². The number of carbonyl (C=O) groups excluding carboxylic acids is 1. The summed E-state index contributed by atoms with van der Waals surface area (Å²) in [4.78, 5) is 25.0. The number of benzene rings is 1. The summed E-state index contributed by atoms with van der Waals surface area (Å²) in [7, 11) is 0. The molecule has 1 aromatic heterocycles. The Morgan fingerprint density at radius 3 is 2.62 bits per heavy atom. The maximum atomic E-state index is 12.2. The summed E-state index contributed by atoms with van der Waals surface area (Å²) in [5.41, 5.74) is 0.542. The number of hydrogen-bond acceptors (Lipinski definition) is 3. The maximum absolute atomic E-state index is 12.2. The minimum Gasteiger partial charge on any atom is -0.481 e. The molecule has 0 spiro atoms. The summed E-state index contributed by atoms with van der Waals surface area (Å²) in [5.74, 6) is -1.69. The molecule has 0 aliphatic heterocycles. The molecule has 1 heterocycles. The number of halogens is 3. The van der Waals surface area contributed by atoms with Crippen LogP contribution < -0.4 is 10.1 Å². The van der Waals surface area contributed by atoms with Crippen LogP contribution in [0.3, 0.4) is 0 Å². The molecule has 0 unspecified atom stereocenters. The second-order valence-electron chi connectivity index (χ2n) is 5.09. The van der Waals surface area contributed by atoms with E-state index in [-0.39, 0.29) is 17.9 Å². The van der Waals surface area contributed by atoms with Gasteiger partial charge in [-0.15, -0.1) is 13.2 Å². The van der Waals surface area contributed by atoms with Crippen molar-refractivity contribution < 1.29 is 32.6 Å². The first-order valence-electron chi connectivity index (χ1n) is 7.13. The van der Waals surface area contributed by atoms with E-state index >= 15 is 0 Å². The standard InChI is InChI=1S/C15H15F3N2O4/c16-15(17,18)24-10-5-4-9-7-12(20-11(9)8-10)14(23)19-6-2-1-3-13(21)22/h4-5,7-8,20H,1-3,6H2,(H,19,23)(H,21,22).